The molecule has 0 bridgehead atoms. The summed E-state index contributed by atoms with van der Waals surface area (Å²) in [5, 5.41) is 0.00196. The number of benzene rings is 1. The van der Waals surface area contributed by atoms with Gasteiger partial charge in [0, 0.05) is 13.0 Å². The summed E-state index contributed by atoms with van der Waals surface area (Å²) in [5.74, 6) is 0.698. The van der Waals surface area contributed by atoms with Crippen molar-refractivity contribution < 1.29 is 9.59 Å². The van der Waals surface area contributed by atoms with E-state index in [-0.39, 0.29) is 11.2 Å². The lowest BCUT2D eigenvalue weighted by molar-refractivity contribution is -0.140. The first kappa shape index (κ1) is 13.5. The molecule has 0 aromatic heterocycles. The van der Waals surface area contributed by atoms with E-state index in [0.29, 0.717) is 13.0 Å². The molecular weight excluding hydrogens is 272 g/mol. The van der Waals surface area contributed by atoms with Crippen LogP contribution in [0, 0.1) is 0 Å². The molecular formula is C15H18N2O2S. The van der Waals surface area contributed by atoms with E-state index in [1.165, 1.54) is 0 Å². The van der Waals surface area contributed by atoms with Gasteiger partial charge in [0.05, 0.1) is 5.25 Å². The van der Waals surface area contributed by atoms with E-state index >= 15 is 0 Å². The molecule has 2 aliphatic rings. The summed E-state index contributed by atoms with van der Waals surface area (Å²) in [6.07, 6.45) is 2.52. The van der Waals surface area contributed by atoms with Crippen LogP contribution in [0.4, 0.5) is 0 Å². The smallest absolute Gasteiger partial charge is 0.240 e. The van der Waals surface area contributed by atoms with Crippen LogP contribution < -0.4 is 5.73 Å². The molecule has 1 fully saturated rings. The third-order valence-corrected chi connectivity index (χ3v) is 5.43. The van der Waals surface area contributed by atoms with Crippen LogP contribution in [-0.2, 0) is 22.6 Å². The second kappa shape index (κ2) is 5.48. The molecule has 1 saturated heterocycles. The molecule has 0 radical (unpaired) electrons. The molecule has 2 N–H and O–H groups in total. The van der Waals surface area contributed by atoms with Gasteiger partial charge in [-0.3, -0.25) is 9.59 Å². The van der Waals surface area contributed by atoms with Crippen LogP contribution in [-0.4, -0.2) is 33.8 Å². The average Bonchev–Trinajstić information content (AvgIpc) is 2.99. The largest absolute Gasteiger partial charge is 0.368 e. The van der Waals surface area contributed by atoms with Gasteiger partial charge in [0.1, 0.15) is 6.04 Å². The fourth-order valence-corrected chi connectivity index (χ4v) is 4.20. The van der Waals surface area contributed by atoms with Crippen molar-refractivity contribution in [1.29, 1.82) is 0 Å². The maximum Gasteiger partial charge on any atom is 0.240 e. The van der Waals surface area contributed by atoms with Crippen molar-refractivity contribution in [2.24, 2.45) is 5.73 Å². The number of hydrogen-bond acceptors (Lipinski definition) is 3. The lowest BCUT2D eigenvalue weighted by Crippen LogP contribution is -2.53. The first-order valence-corrected chi connectivity index (χ1v) is 8.00. The number of rotatable bonds is 2. The Morgan fingerprint density at radius 1 is 1.25 bits per heavy atom. The van der Waals surface area contributed by atoms with Crippen LogP contribution in [0.15, 0.2) is 24.3 Å². The Hall–Kier alpha value is -1.49. The normalized spacial score (nSPS) is 25.3. The molecule has 4 nitrogen and oxygen atoms in total. The molecule has 2 aliphatic heterocycles. The van der Waals surface area contributed by atoms with E-state index in [1.54, 1.807) is 16.7 Å². The quantitative estimate of drug-likeness (QED) is 0.893. The molecule has 0 spiro atoms. The van der Waals surface area contributed by atoms with E-state index in [0.717, 1.165) is 29.7 Å². The van der Waals surface area contributed by atoms with Crippen LogP contribution in [0.5, 0.6) is 0 Å². The fourth-order valence-electron chi connectivity index (χ4n) is 2.97. The Kier molecular flexibility index (Phi) is 3.70. The molecule has 2 amide bonds. The molecule has 20 heavy (non-hydrogen) atoms. The van der Waals surface area contributed by atoms with Crippen molar-refractivity contribution in [1.82, 2.24) is 4.90 Å². The summed E-state index contributed by atoms with van der Waals surface area (Å²) < 4.78 is 0. The number of fused-ring (bicyclic) bond motifs is 1. The Balaban J connectivity index is 1.88. The number of carbonyl (C=O) groups excluding carboxylic acids is 2. The van der Waals surface area contributed by atoms with Crippen molar-refractivity contribution in [2.45, 2.75) is 37.1 Å². The van der Waals surface area contributed by atoms with Gasteiger partial charge in [-0.1, -0.05) is 24.3 Å². The van der Waals surface area contributed by atoms with Gasteiger partial charge in [-0.15, -0.1) is 11.8 Å². The molecule has 3 rings (SSSR count). The van der Waals surface area contributed by atoms with Crippen LogP contribution in [0.25, 0.3) is 0 Å². The van der Waals surface area contributed by atoms with Gasteiger partial charge in [-0.25, -0.2) is 0 Å². The summed E-state index contributed by atoms with van der Waals surface area (Å²) >= 11 is 1.70. The predicted octanol–water partition coefficient (Wildman–Crippen LogP) is 1.32. The second-order valence-corrected chi connectivity index (χ2v) is 6.67. The number of hydrogen-bond donors (Lipinski definition) is 1. The van der Waals surface area contributed by atoms with E-state index < -0.39 is 11.9 Å². The number of primary amides is 1. The Morgan fingerprint density at radius 3 is 2.65 bits per heavy atom. The highest BCUT2D eigenvalue weighted by molar-refractivity contribution is 8.00. The summed E-state index contributed by atoms with van der Waals surface area (Å²) in [7, 11) is 0. The van der Waals surface area contributed by atoms with Gasteiger partial charge in [-0.2, -0.15) is 0 Å². The molecule has 2 heterocycles. The summed E-state index contributed by atoms with van der Waals surface area (Å²) in [4.78, 5) is 26.0. The third kappa shape index (κ3) is 2.42. The third-order valence-electron chi connectivity index (χ3n) is 4.07. The monoisotopic (exact) mass is 290 g/mol. The van der Waals surface area contributed by atoms with Gasteiger partial charge in [0.2, 0.25) is 11.8 Å². The molecule has 2 atom stereocenters. The van der Waals surface area contributed by atoms with Crippen LogP contribution in [0.3, 0.4) is 0 Å². The number of thioether (sulfide) groups is 1. The maximum absolute atomic E-state index is 12.6. The lowest BCUT2D eigenvalue weighted by Gasteiger charge is -2.36. The van der Waals surface area contributed by atoms with Crippen LogP contribution in [0.1, 0.15) is 24.0 Å². The highest BCUT2D eigenvalue weighted by Crippen LogP contribution is 2.31. The summed E-state index contributed by atoms with van der Waals surface area (Å²) in [6, 6.07) is 7.46. The number of nitrogens with zero attached hydrogens (tertiary/aromatic N) is 1. The number of carbonyl (C=O) groups is 2. The van der Waals surface area contributed by atoms with Crippen LogP contribution in [0.2, 0.25) is 0 Å². The number of nitrogens with two attached hydrogens (primary N) is 1. The standard InChI is InChI=1S/C15H18N2O2S/c16-14(18)12-8-10-4-1-2-5-11(10)9-17(12)15(19)13-6-3-7-20-13/h1-2,4-5,12-13H,3,6-9H2,(H2,16,18)/t12-,13+/m0/s1. The zero-order chi connectivity index (χ0) is 14.1. The van der Waals surface area contributed by atoms with Crippen molar-refractivity contribution in [3.63, 3.8) is 0 Å². The Labute approximate surface area is 122 Å². The Bertz CT molecular complexity index is 540. The van der Waals surface area contributed by atoms with Gasteiger partial charge < -0.3 is 10.6 Å². The SMILES string of the molecule is NC(=O)[C@@H]1Cc2ccccc2CN1C(=O)[C@H]1CCCS1. The zero-order valence-corrected chi connectivity index (χ0v) is 12.1. The molecule has 0 unspecified atom stereocenters. The van der Waals surface area contributed by atoms with E-state index in [9.17, 15) is 9.59 Å². The minimum absolute atomic E-state index is 0.00196. The molecule has 0 aliphatic carbocycles. The highest BCUT2D eigenvalue weighted by Gasteiger charge is 2.37. The first-order valence-electron chi connectivity index (χ1n) is 6.95. The minimum atomic E-state index is -0.501. The van der Waals surface area contributed by atoms with Gasteiger partial charge in [0.15, 0.2) is 0 Å². The minimum Gasteiger partial charge on any atom is -0.368 e. The number of amides is 2. The molecule has 0 saturated carbocycles. The van der Waals surface area contributed by atoms with E-state index in [4.69, 9.17) is 5.73 Å². The van der Waals surface area contributed by atoms with Crippen molar-refractivity contribution in [2.75, 3.05) is 5.75 Å². The van der Waals surface area contributed by atoms with Crippen LogP contribution >= 0.6 is 11.8 Å². The highest BCUT2D eigenvalue weighted by atomic mass is 32.2. The predicted molar refractivity (Wildman–Crippen MR) is 79.2 cm³/mol. The van der Waals surface area contributed by atoms with Gasteiger partial charge in [-0.05, 0) is 29.7 Å². The summed E-state index contributed by atoms with van der Waals surface area (Å²) in [5.41, 5.74) is 7.76. The average molecular weight is 290 g/mol. The van der Waals surface area contributed by atoms with E-state index in [2.05, 4.69) is 0 Å². The van der Waals surface area contributed by atoms with Crippen molar-refractivity contribution >= 4 is 23.6 Å². The summed E-state index contributed by atoms with van der Waals surface area (Å²) in [6.45, 7) is 0.500. The first-order chi connectivity index (χ1) is 9.66. The molecule has 106 valence electrons. The van der Waals surface area contributed by atoms with Gasteiger partial charge in [0.25, 0.3) is 0 Å². The van der Waals surface area contributed by atoms with Gasteiger partial charge >= 0.3 is 0 Å². The van der Waals surface area contributed by atoms with Crippen molar-refractivity contribution in [3.8, 4) is 0 Å². The fraction of sp³-hybridized carbons (Fsp3) is 0.467. The lowest BCUT2D eigenvalue weighted by atomic mass is 9.93. The van der Waals surface area contributed by atoms with E-state index in [1.807, 2.05) is 24.3 Å². The maximum atomic E-state index is 12.6. The molecule has 1 aromatic carbocycles. The Morgan fingerprint density at radius 2 is 2.00 bits per heavy atom. The second-order valence-electron chi connectivity index (χ2n) is 5.36. The molecule has 5 heteroatoms. The van der Waals surface area contributed by atoms with Crippen molar-refractivity contribution in [3.05, 3.63) is 35.4 Å². The zero-order valence-electron chi connectivity index (χ0n) is 11.2. The topological polar surface area (TPSA) is 63.4 Å². The molecule has 1 aromatic rings.